The average molecular weight is 266 g/mol. The summed E-state index contributed by atoms with van der Waals surface area (Å²) in [5, 5.41) is 22.0. The van der Waals surface area contributed by atoms with Gasteiger partial charge in [-0.1, -0.05) is 60.7 Å². The van der Waals surface area contributed by atoms with E-state index >= 15 is 0 Å². The predicted octanol–water partition coefficient (Wildman–Crippen LogP) is 2.44. The molecule has 0 saturated carbocycles. The van der Waals surface area contributed by atoms with Crippen molar-refractivity contribution in [3.8, 4) is 6.07 Å². The molecule has 0 aliphatic rings. The highest BCUT2D eigenvalue weighted by Gasteiger charge is 2.16. The van der Waals surface area contributed by atoms with E-state index in [1.54, 1.807) is 0 Å². The molecule has 0 fully saturated rings. The van der Waals surface area contributed by atoms with Gasteiger partial charge in [-0.15, -0.1) is 0 Å². The van der Waals surface area contributed by atoms with E-state index in [0.717, 1.165) is 11.1 Å². The molecule has 0 bridgehead atoms. The van der Waals surface area contributed by atoms with E-state index < -0.39 is 0 Å². The SMILES string of the molecule is N#C[C@@H](Cc1ccccc1)N[C@@H](CO)c1ccccc1. The fourth-order valence-electron chi connectivity index (χ4n) is 2.17. The molecule has 0 amide bonds. The van der Waals surface area contributed by atoms with Crippen LogP contribution in [0.5, 0.6) is 0 Å². The molecule has 3 heteroatoms. The molecule has 0 spiro atoms. The first-order valence-electron chi connectivity index (χ1n) is 6.69. The van der Waals surface area contributed by atoms with Gasteiger partial charge in [0.1, 0.15) is 0 Å². The highest BCUT2D eigenvalue weighted by Crippen LogP contribution is 2.13. The van der Waals surface area contributed by atoms with E-state index in [-0.39, 0.29) is 18.7 Å². The molecule has 0 aliphatic heterocycles. The number of nitriles is 1. The molecule has 0 heterocycles. The molecule has 2 atom stereocenters. The number of nitrogens with zero attached hydrogens (tertiary/aromatic N) is 1. The highest BCUT2D eigenvalue weighted by atomic mass is 16.3. The Hall–Kier alpha value is -2.15. The predicted molar refractivity (Wildman–Crippen MR) is 79.0 cm³/mol. The van der Waals surface area contributed by atoms with E-state index in [1.807, 2.05) is 60.7 Å². The summed E-state index contributed by atoms with van der Waals surface area (Å²) in [7, 11) is 0. The van der Waals surface area contributed by atoms with Gasteiger partial charge in [-0.05, 0) is 11.1 Å². The molecule has 0 aromatic heterocycles. The van der Waals surface area contributed by atoms with Gasteiger partial charge < -0.3 is 5.11 Å². The van der Waals surface area contributed by atoms with E-state index in [9.17, 15) is 10.4 Å². The summed E-state index contributed by atoms with van der Waals surface area (Å²) >= 11 is 0. The normalized spacial score (nSPS) is 13.4. The number of hydrogen-bond acceptors (Lipinski definition) is 3. The van der Waals surface area contributed by atoms with Crippen LogP contribution in [0.3, 0.4) is 0 Å². The summed E-state index contributed by atoms with van der Waals surface area (Å²) in [5.74, 6) is 0. The average Bonchev–Trinajstić information content (AvgIpc) is 2.53. The standard InChI is InChI=1S/C17H18N2O/c18-12-16(11-14-7-3-1-4-8-14)19-17(13-20)15-9-5-2-6-10-15/h1-10,16-17,19-20H,11,13H2/t16-,17+/m1/s1. The van der Waals surface area contributed by atoms with Crippen molar-refractivity contribution in [2.75, 3.05) is 6.61 Å². The van der Waals surface area contributed by atoms with Gasteiger partial charge in [0.15, 0.2) is 0 Å². The van der Waals surface area contributed by atoms with Crippen LogP contribution in [0.25, 0.3) is 0 Å². The summed E-state index contributed by atoms with van der Waals surface area (Å²) in [6.07, 6.45) is 0.626. The molecule has 0 aliphatic carbocycles. The molecule has 3 nitrogen and oxygen atoms in total. The fourth-order valence-corrected chi connectivity index (χ4v) is 2.17. The molecule has 2 rings (SSSR count). The van der Waals surface area contributed by atoms with Crippen LogP contribution in [0.4, 0.5) is 0 Å². The molecule has 0 radical (unpaired) electrons. The Kier molecular flexibility index (Phi) is 5.31. The maximum atomic E-state index is 9.52. The van der Waals surface area contributed by atoms with Crippen LogP contribution in [-0.2, 0) is 6.42 Å². The zero-order chi connectivity index (χ0) is 14.2. The monoisotopic (exact) mass is 266 g/mol. The number of rotatable bonds is 6. The summed E-state index contributed by atoms with van der Waals surface area (Å²) in [6.45, 7) is -0.0308. The first-order valence-corrected chi connectivity index (χ1v) is 6.69. The first-order chi connectivity index (χ1) is 9.83. The molecule has 102 valence electrons. The van der Waals surface area contributed by atoms with Crippen molar-refractivity contribution in [2.45, 2.75) is 18.5 Å². The van der Waals surface area contributed by atoms with Crippen LogP contribution >= 0.6 is 0 Å². The third-order valence-electron chi connectivity index (χ3n) is 3.23. The highest BCUT2D eigenvalue weighted by molar-refractivity contribution is 5.21. The molecular weight excluding hydrogens is 248 g/mol. The van der Waals surface area contributed by atoms with Crippen molar-refractivity contribution in [1.29, 1.82) is 5.26 Å². The van der Waals surface area contributed by atoms with Crippen molar-refractivity contribution >= 4 is 0 Å². The Balaban J connectivity index is 2.04. The Bertz CT molecular complexity index is 548. The second-order valence-electron chi connectivity index (χ2n) is 4.68. The summed E-state index contributed by atoms with van der Waals surface area (Å²) in [5.41, 5.74) is 2.10. The Labute approximate surface area is 119 Å². The van der Waals surface area contributed by atoms with Gasteiger partial charge in [0.05, 0.1) is 24.8 Å². The molecule has 20 heavy (non-hydrogen) atoms. The van der Waals surface area contributed by atoms with Gasteiger partial charge in [-0.3, -0.25) is 5.32 Å². The molecule has 0 saturated heterocycles. The van der Waals surface area contributed by atoms with Crippen LogP contribution < -0.4 is 5.32 Å². The summed E-state index contributed by atoms with van der Waals surface area (Å²) in [6, 6.07) is 21.3. The lowest BCUT2D eigenvalue weighted by atomic mass is 10.0. The van der Waals surface area contributed by atoms with Crippen LogP contribution in [0.1, 0.15) is 17.2 Å². The maximum absolute atomic E-state index is 9.52. The molecule has 0 unspecified atom stereocenters. The Morgan fingerprint density at radius 3 is 2.15 bits per heavy atom. The number of benzene rings is 2. The first kappa shape index (κ1) is 14.3. The summed E-state index contributed by atoms with van der Waals surface area (Å²) in [4.78, 5) is 0. The van der Waals surface area contributed by atoms with Crippen LogP contribution in [0.15, 0.2) is 60.7 Å². The van der Waals surface area contributed by atoms with E-state index in [1.165, 1.54) is 0 Å². The van der Waals surface area contributed by atoms with Crippen LogP contribution in [0, 0.1) is 11.3 Å². The topological polar surface area (TPSA) is 56.0 Å². The number of nitrogens with one attached hydrogen (secondary N) is 1. The third kappa shape index (κ3) is 3.92. The number of aliphatic hydroxyl groups excluding tert-OH is 1. The molecule has 2 aromatic rings. The number of aliphatic hydroxyl groups is 1. The molecule has 2 aromatic carbocycles. The third-order valence-corrected chi connectivity index (χ3v) is 3.23. The van der Waals surface area contributed by atoms with Gasteiger partial charge in [-0.25, -0.2) is 0 Å². The summed E-state index contributed by atoms with van der Waals surface area (Å²) < 4.78 is 0. The van der Waals surface area contributed by atoms with Crippen molar-refractivity contribution < 1.29 is 5.11 Å². The van der Waals surface area contributed by atoms with Gasteiger partial charge in [0.25, 0.3) is 0 Å². The second kappa shape index (κ2) is 7.44. The molecular formula is C17H18N2O. The van der Waals surface area contributed by atoms with Gasteiger partial charge in [0.2, 0.25) is 0 Å². The van der Waals surface area contributed by atoms with Crippen LogP contribution in [0.2, 0.25) is 0 Å². The number of hydrogen-bond donors (Lipinski definition) is 2. The minimum absolute atomic E-state index is 0.0308. The van der Waals surface area contributed by atoms with Crippen molar-refractivity contribution in [1.82, 2.24) is 5.32 Å². The second-order valence-corrected chi connectivity index (χ2v) is 4.68. The zero-order valence-corrected chi connectivity index (χ0v) is 11.2. The lowest BCUT2D eigenvalue weighted by molar-refractivity contribution is 0.239. The Morgan fingerprint density at radius 2 is 1.60 bits per heavy atom. The van der Waals surface area contributed by atoms with Crippen molar-refractivity contribution in [3.63, 3.8) is 0 Å². The van der Waals surface area contributed by atoms with Crippen molar-refractivity contribution in [3.05, 3.63) is 71.8 Å². The maximum Gasteiger partial charge on any atom is 0.0999 e. The zero-order valence-electron chi connectivity index (χ0n) is 11.2. The van der Waals surface area contributed by atoms with Gasteiger partial charge in [-0.2, -0.15) is 5.26 Å². The molecule has 2 N–H and O–H groups in total. The quantitative estimate of drug-likeness (QED) is 0.844. The van der Waals surface area contributed by atoms with E-state index in [4.69, 9.17) is 0 Å². The minimum atomic E-state index is -0.324. The fraction of sp³-hybridized carbons (Fsp3) is 0.235. The smallest absolute Gasteiger partial charge is 0.0999 e. The van der Waals surface area contributed by atoms with E-state index in [2.05, 4.69) is 11.4 Å². The lowest BCUT2D eigenvalue weighted by Gasteiger charge is -2.20. The van der Waals surface area contributed by atoms with E-state index in [0.29, 0.717) is 6.42 Å². The van der Waals surface area contributed by atoms with Gasteiger partial charge in [0, 0.05) is 6.42 Å². The van der Waals surface area contributed by atoms with Crippen molar-refractivity contribution in [2.24, 2.45) is 0 Å². The van der Waals surface area contributed by atoms with Gasteiger partial charge >= 0.3 is 0 Å². The van der Waals surface area contributed by atoms with Crippen LogP contribution in [-0.4, -0.2) is 17.8 Å². The largest absolute Gasteiger partial charge is 0.394 e. The Morgan fingerprint density at radius 1 is 1.00 bits per heavy atom. The lowest BCUT2D eigenvalue weighted by Crippen LogP contribution is -2.35. The minimum Gasteiger partial charge on any atom is -0.394 e.